The molecular formula is C18H25F3N6O2. The van der Waals surface area contributed by atoms with Crippen LogP contribution < -0.4 is 0 Å². The minimum absolute atomic E-state index is 0.0385. The number of rotatable bonds is 7. The fourth-order valence-corrected chi connectivity index (χ4v) is 3.33. The summed E-state index contributed by atoms with van der Waals surface area (Å²) in [5.74, 6) is 0.895. The molecule has 8 nitrogen and oxygen atoms in total. The van der Waals surface area contributed by atoms with Crippen LogP contribution in [0.2, 0.25) is 0 Å². The molecule has 11 heteroatoms. The van der Waals surface area contributed by atoms with Gasteiger partial charge >= 0.3 is 6.18 Å². The summed E-state index contributed by atoms with van der Waals surface area (Å²) in [6, 6.07) is 1.90. The predicted molar refractivity (Wildman–Crippen MR) is 98.5 cm³/mol. The Bertz CT molecular complexity index is 846. The molecule has 1 aliphatic heterocycles. The highest BCUT2D eigenvalue weighted by atomic mass is 19.4. The first-order valence-corrected chi connectivity index (χ1v) is 9.56. The summed E-state index contributed by atoms with van der Waals surface area (Å²) in [7, 11) is 0. The number of aryl methyl sites for hydroxylation is 2. The third-order valence-corrected chi connectivity index (χ3v) is 4.73. The van der Waals surface area contributed by atoms with Gasteiger partial charge in [-0.3, -0.25) is 9.69 Å². The highest BCUT2D eigenvalue weighted by molar-refractivity contribution is 5.78. The third-order valence-electron chi connectivity index (χ3n) is 4.73. The van der Waals surface area contributed by atoms with E-state index in [0.29, 0.717) is 50.7 Å². The van der Waals surface area contributed by atoms with Crippen molar-refractivity contribution in [1.82, 2.24) is 29.4 Å². The Morgan fingerprint density at radius 3 is 2.59 bits per heavy atom. The van der Waals surface area contributed by atoms with Crippen molar-refractivity contribution in [3.8, 4) is 0 Å². The molecule has 0 atom stereocenters. The van der Waals surface area contributed by atoms with Crippen LogP contribution in [-0.4, -0.2) is 87.4 Å². The molecule has 0 aromatic carbocycles. The lowest BCUT2D eigenvalue weighted by Crippen LogP contribution is -2.49. The van der Waals surface area contributed by atoms with E-state index in [-0.39, 0.29) is 18.9 Å². The van der Waals surface area contributed by atoms with Crippen LogP contribution in [0.15, 0.2) is 6.07 Å². The molecule has 1 fully saturated rings. The summed E-state index contributed by atoms with van der Waals surface area (Å²) in [6.07, 6.45) is -3.64. The van der Waals surface area contributed by atoms with Gasteiger partial charge in [0.05, 0.1) is 6.42 Å². The molecule has 2 aromatic heterocycles. The van der Waals surface area contributed by atoms with Crippen LogP contribution >= 0.6 is 0 Å². The molecule has 160 valence electrons. The third kappa shape index (κ3) is 6.10. The predicted octanol–water partition coefficient (Wildman–Crippen LogP) is 1.40. The van der Waals surface area contributed by atoms with Gasteiger partial charge in [0, 0.05) is 50.7 Å². The van der Waals surface area contributed by atoms with Gasteiger partial charge in [-0.15, -0.1) is 5.10 Å². The number of halogens is 3. The summed E-state index contributed by atoms with van der Waals surface area (Å²) >= 11 is 0. The summed E-state index contributed by atoms with van der Waals surface area (Å²) in [4.78, 5) is 25.1. The Morgan fingerprint density at radius 1 is 1.17 bits per heavy atom. The number of alkyl halides is 3. The van der Waals surface area contributed by atoms with E-state index in [1.54, 1.807) is 9.42 Å². The van der Waals surface area contributed by atoms with E-state index in [2.05, 4.69) is 24.7 Å². The van der Waals surface area contributed by atoms with Crippen LogP contribution in [0.1, 0.15) is 23.6 Å². The van der Waals surface area contributed by atoms with Gasteiger partial charge in [-0.2, -0.15) is 18.2 Å². The summed E-state index contributed by atoms with van der Waals surface area (Å²) in [5.41, 5.74) is 1.76. The maximum atomic E-state index is 12.6. The van der Waals surface area contributed by atoms with E-state index in [1.165, 1.54) is 0 Å². The largest absolute Gasteiger partial charge is 0.411 e. The lowest BCUT2D eigenvalue weighted by molar-refractivity contribution is -0.174. The van der Waals surface area contributed by atoms with Gasteiger partial charge in [0.15, 0.2) is 5.82 Å². The molecule has 3 rings (SSSR count). The summed E-state index contributed by atoms with van der Waals surface area (Å²) < 4.78 is 42.3. The van der Waals surface area contributed by atoms with E-state index in [0.717, 1.165) is 11.4 Å². The monoisotopic (exact) mass is 414 g/mol. The molecular weight excluding hydrogens is 389 g/mol. The van der Waals surface area contributed by atoms with Crippen LogP contribution in [-0.2, 0) is 16.0 Å². The van der Waals surface area contributed by atoms with Crippen molar-refractivity contribution in [2.45, 2.75) is 32.9 Å². The topological polar surface area (TPSA) is 75.9 Å². The molecule has 0 spiro atoms. The van der Waals surface area contributed by atoms with Gasteiger partial charge in [-0.1, -0.05) is 0 Å². The van der Waals surface area contributed by atoms with Crippen molar-refractivity contribution in [1.29, 1.82) is 0 Å². The summed E-state index contributed by atoms with van der Waals surface area (Å²) in [6.45, 7) is 5.83. The molecule has 3 heterocycles. The number of piperazine rings is 1. The first kappa shape index (κ1) is 21.4. The SMILES string of the molecule is Cc1cc(C)n2nc(CC(=O)N3CCN(CCCOCC(F)(F)F)CC3)nc2n1. The zero-order valence-corrected chi connectivity index (χ0v) is 16.6. The molecule has 29 heavy (non-hydrogen) atoms. The molecule has 2 aromatic rings. The maximum Gasteiger partial charge on any atom is 0.411 e. The molecule has 1 amide bonds. The van der Waals surface area contributed by atoms with Gasteiger partial charge in [0.2, 0.25) is 5.91 Å². The Hall–Kier alpha value is -2.27. The molecule has 0 unspecified atom stereocenters. The smallest absolute Gasteiger partial charge is 0.372 e. The van der Waals surface area contributed by atoms with Crippen molar-refractivity contribution in [2.75, 3.05) is 45.9 Å². The second-order valence-electron chi connectivity index (χ2n) is 7.20. The minimum atomic E-state index is -4.28. The second kappa shape index (κ2) is 9.04. The van der Waals surface area contributed by atoms with E-state index in [4.69, 9.17) is 0 Å². The van der Waals surface area contributed by atoms with Gasteiger partial charge in [0.25, 0.3) is 5.78 Å². The number of carbonyl (C=O) groups is 1. The fourth-order valence-electron chi connectivity index (χ4n) is 3.33. The minimum Gasteiger partial charge on any atom is -0.372 e. The average Bonchev–Trinajstić information content (AvgIpc) is 3.03. The molecule has 0 radical (unpaired) electrons. The number of ether oxygens (including phenoxy) is 1. The van der Waals surface area contributed by atoms with Crippen LogP contribution in [0.4, 0.5) is 13.2 Å². The summed E-state index contributed by atoms with van der Waals surface area (Å²) in [5, 5.41) is 4.37. The van der Waals surface area contributed by atoms with Crippen LogP contribution in [0.5, 0.6) is 0 Å². The highest BCUT2D eigenvalue weighted by Gasteiger charge is 2.27. The van der Waals surface area contributed by atoms with Crippen molar-refractivity contribution in [3.63, 3.8) is 0 Å². The lowest BCUT2D eigenvalue weighted by Gasteiger charge is -2.34. The molecule has 1 aliphatic rings. The van der Waals surface area contributed by atoms with E-state index < -0.39 is 12.8 Å². The zero-order chi connectivity index (χ0) is 21.0. The number of amides is 1. The number of fused-ring (bicyclic) bond motifs is 1. The average molecular weight is 414 g/mol. The second-order valence-corrected chi connectivity index (χ2v) is 7.20. The van der Waals surface area contributed by atoms with Crippen molar-refractivity contribution >= 4 is 11.7 Å². The normalized spacial score (nSPS) is 16.0. The number of aromatic nitrogens is 4. The molecule has 1 saturated heterocycles. The highest BCUT2D eigenvalue weighted by Crippen LogP contribution is 2.14. The fraction of sp³-hybridized carbons (Fsp3) is 0.667. The van der Waals surface area contributed by atoms with Gasteiger partial charge < -0.3 is 9.64 Å². The van der Waals surface area contributed by atoms with Crippen molar-refractivity contribution in [2.24, 2.45) is 0 Å². The van der Waals surface area contributed by atoms with Gasteiger partial charge in [-0.25, -0.2) is 9.50 Å². The van der Waals surface area contributed by atoms with Crippen molar-refractivity contribution < 1.29 is 22.7 Å². The number of hydrogen-bond donors (Lipinski definition) is 0. The van der Waals surface area contributed by atoms with Crippen LogP contribution in [0.3, 0.4) is 0 Å². The number of nitrogens with zero attached hydrogens (tertiary/aromatic N) is 6. The number of hydrogen-bond acceptors (Lipinski definition) is 6. The molecule has 0 bridgehead atoms. The molecule has 0 aliphatic carbocycles. The van der Waals surface area contributed by atoms with E-state index in [9.17, 15) is 18.0 Å². The maximum absolute atomic E-state index is 12.6. The van der Waals surface area contributed by atoms with Crippen molar-refractivity contribution in [3.05, 3.63) is 23.3 Å². The van der Waals surface area contributed by atoms with Gasteiger partial charge in [0.1, 0.15) is 6.61 Å². The zero-order valence-electron chi connectivity index (χ0n) is 16.6. The standard InChI is InChI=1S/C18H25F3N6O2/c1-13-10-14(2)27-17(22-13)23-15(24-27)11-16(28)26-7-5-25(6-8-26)4-3-9-29-12-18(19,20)21/h10H,3-9,11-12H2,1-2H3. The first-order chi connectivity index (χ1) is 13.7. The lowest BCUT2D eigenvalue weighted by atomic mass is 10.2. The van der Waals surface area contributed by atoms with Crippen LogP contribution in [0.25, 0.3) is 5.78 Å². The quantitative estimate of drug-likeness (QED) is 0.638. The van der Waals surface area contributed by atoms with Gasteiger partial charge in [-0.05, 0) is 26.3 Å². The first-order valence-electron chi connectivity index (χ1n) is 9.56. The Morgan fingerprint density at radius 2 is 1.90 bits per heavy atom. The van der Waals surface area contributed by atoms with E-state index in [1.807, 2.05) is 19.9 Å². The Labute approximate surface area is 166 Å². The number of carbonyl (C=O) groups excluding carboxylic acids is 1. The molecule has 0 N–H and O–H groups in total. The van der Waals surface area contributed by atoms with E-state index >= 15 is 0 Å². The molecule has 0 saturated carbocycles. The Balaban J connectivity index is 1.42. The Kier molecular flexibility index (Phi) is 6.68. The van der Waals surface area contributed by atoms with Crippen LogP contribution in [0, 0.1) is 13.8 Å².